The Bertz CT molecular complexity index is 825. The van der Waals surface area contributed by atoms with Crippen LogP contribution in [0.25, 0.3) is 4.98 Å². The first-order valence-electron chi connectivity index (χ1n) is 6.47. The van der Waals surface area contributed by atoms with Crippen LogP contribution < -0.4 is 4.90 Å². The molecule has 2 rings (SSSR count). The second-order valence-electron chi connectivity index (χ2n) is 5.03. The molecular formula is C15H15ClN3O2S+. The van der Waals surface area contributed by atoms with Gasteiger partial charge < -0.3 is 4.90 Å². The highest BCUT2D eigenvalue weighted by atomic mass is 35.5. The van der Waals surface area contributed by atoms with Crippen molar-refractivity contribution in [2.45, 2.75) is 10.6 Å². The SMILES string of the molecule is CN(C)c1ccc([N+]#N)c(S(=O)(=O)Cc2ccc(Cl)cc2)c1. The fourth-order valence-electron chi connectivity index (χ4n) is 1.99. The van der Waals surface area contributed by atoms with E-state index in [4.69, 9.17) is 17.0 Å². The molecule has 0 unspecified atom stereocenters. The van der Waals surface area contributed by atoms with Gasteiger partial charge in [-0.1, -0.05) is 23.7 Å². The number of anilines is 1. The summed E-state index contributed by atoms with van der Waals surface area (Å²) in [6.07, 6.45) is 0. The number of sulfone groups is 1. The maximum atomic E-state index is 12.6. The molecule has 0 spiro atoms. The predicted octanol–water partition coefficient (Wildman–Crippen LogP) is 3.86. The van der Waals surface area contributed by atoms with E-state index in [2.05, 4.69) is 4.98 Å². The monoisotopic (exact) mass is 336 g/mol. The first-order chi connectivity index (χ1) is 10.3. The van der Waals surface area contributed by atoms with Crippen LogP contribution in [-0.4, -0.2) is 22.5 Å². The highest BCUT2D eigenvalue weighted by molar-refractivity contribution is 7.90. The molecule has 0 atom stereocenters. The Morgan fingerprint density at radius 2 is 1.77 bits per heavy atom. The van der Waals surface area contributed by atoms with Gasteiger partial charge in [0.05, 0.1) is 5.75 Å². The van der Waals surface area contributed by atoms with E-state index in [9.17, 15) is 8.42 Å². The van der Waals surface area contributed by atoms with Crippen LogP contribution in [0, 0.1) is 5.39 Å². The van der Waals surface area contributed by atoms with Gasteiger partial charge in [0.15, 0.2) is 19.7 Å². The molecule has 0 aliphatic rings. The van der Waals surface area contributed by atoms with Crippen LogP contribution in [0.15, 0.2) is 47.4 Å². The highest BCUT2D eigenvalue weighted by Gasteiger charge is 2.27. The number of diazo groups is 1. The molecule has 0 radical (unpaired) electrons. The highest BCUT2D eigenvalue weighted by Crippen LogP contribution is 2.31. The van der Waals surface area contributed by atoms with Gasteiger partial charge in [0.25, 0.3) is 0 Å². The molecular weight excluding hydrogens is 322 g/mol. The van der Waals surface area contributed by atoms with Crippen molar-refractivity contribution in [3.05, 3.63) is 58.0 Å². The third-order valence-electron chi connectivity index (χ3n) is 3.17. The van der Waals surface area contributed by atoms with Gasteiger partial charge in [0.2, 0.25) is 5.39 Å². The van der Waals surface area contributed by atoms with Crippen LogP contribution in [0.4, 0.5) is 11.4 Å². The summed E-state index contributed by atoms with van der Waals surface area (Å²) in [5.74, 6) is -0.191. The summed E-state index contributed by atoms with van der Waals surface area (Å²) in [5.41, 5.74) is 1.35. The van der Waals surface area contributed by atoms with Crippen molar-refractivity contribution in [2.75, 3.05) is 19.0 Å². The summed E-state index contributed by atoms with van der Waals surface area (Å²) in [6, 6.07) is 11.3. The average Bonchev–Trinajstić information content (AvgIpc) is 2.48. The summed E-state index contributed by atoms with van der Waals surface area (Å²) in [5, 5.41) is 9.59. The first-order valence-corrected chi connectivity index (χ1v) is 8.50. The third-order valence-corrected chi connectivity index (χ3v) is 5.13. The fraction of sp³-hybridized carbons (Fsp3) is 0.200. The number of hydrogen-bond acceptors (Lipinski definition) is 4. The van der Waals surface area contributed by atoms with Gasteiger partial charge in [0.1, 0.15) is 0 Å². The Morgan fingerprint density at radius 1 is 1.14 bits per heavy atom. The molecule has 0 N–H and O–H groups in total. The quantitative estimate of drug-likeness (QED) is 0.795. The van der Waals surface area contributed by atoms with E-state index in [1.165, 1.54) is 12.1 Å². The molecule has 0 fully saturated rings. The second kappa shape index (κ2) is 6.34. The van der Waals surface area contributed by atoms with Crippen molar-refractivity contribution in [2.24, 2.45) is 0 Å². The summed E-state index contributed by atoms with van der Waals surface area (Å²) in [6.45, 7) is 0. The van der Waals surface area contributed by atoms with Gasteiger partial charge in [-0.15, -0.1) is 0 Å². The van der Waals surface area contributed by atoms with Crippen molar-refractivity contribution < 1.29 is 8.42 Å². The van der Waals surface area contributed by atoms with E-state index in [0.29, 0.717) is 16.3 Å². The van der Waals surface area contributed by atoms with Gasteiger partial charge in [-0.2, -0.15) is 0 Å². The Kier molecular flexibility index (Phi) is 4.69. The minimum absolute atomic E-state index is 0.00356. The van der Waals surface area contributed by atoms with E-state index in [1.807, 2.05) is 0 Å². The molecule has 0 aliphatic heterocycles. The van der Waals surface area contributed by atoms with Crippen molar-refractivity contribution in [1.29, 1.82) is 5.39 Å². The molecule has 0 aromatic heterocycles. The van der Waals surface area contributed by atoms with Gasteiger partial charge in [-0.05, 0) is 29.8 Å². The molecule has 2 aromatic rings. The van der Waals surface area contributed by atoms with Crippen molar-refractivity contribution in [3.63, 3.8) is 0 Å². The van der Waals surface area contributed by atoms with Crippen LogP contribution in [0.2, 0.25) is 5.02 Å². The lowest BCUT2D eigenvalue weighted by molar-refractivity contribution is 0.595. The fourth-order valence-corrected chi connectivity index (χ4v) is 3.63. The molecule has 0 aliphatic carbocycles. The largest absolute Gasteiger partial charge is 0.403 e. The molecule has 0 saturated carbocycles. The third kappa shape index (κ3) is 3.56. The van der Waals surface area contributed by atoms with Crippen LogP contribution in [0.3, 0.4) is 0 Å². The molecule has 22 heavy (non-hydrogen) atoms. The molecule has 7 heteroatoms. The number of rotatable bonds is 4. The van der Waals surface area contributed by atoms with Crippen LogP contribution in [0.5, 0.6) is 0 Å². The van der Waals surface area contributed by atoms with Gasteiger partial charge >= 0.3 is 5.69 Å². The molecule has 0 saturated heterocycles. The van der Waals surface area contributed by atoms with Crippen molar-refractivity contribution >= 4 is 32.8 Å². The zero-order chi connectivity index (χ0) is 16.3. The molecule has 114 valence electrons. The molecule has 2 aromatic carbocycles. The summed E-state index contributed by atoms with van der Waals surface area (Å²) < 4.78 is 25.2. The number of benzene rings is 2. The Balaban J connectivity index is 2.46. The van der Waals surface area contributed by atoms with E-state index >= 15 is 0 Å². The van der Waals surface area contributed by atoms with E-state index in [-0.39, 0.29) is 16.3 Å². The molecule has 0 bridgehead atoms. The maximum Gasteiger partial charge on any atom is 0.403 e. The van der Waals surface area contributed by atoms with Crippen LogP contribution in [0.1, 0.15) is 5.56 Å². The summed E-state index contributed by atoms with van der Waals surface area (Å²) in [4.78, 5) is 4.85. The summed E-state index contributed by atoms with van der Waals surface area (Å²) in [7, 11) is -0.0360. The van der Waals surface area contributed by atoms with Gasteiger partial charge in [-0.25, -0.2) is 8.42 Å². The Hall–Kier alpha value is -2.10. The molecule has 0 amide bonds. The average molecular weight is 337 g/mol. The zero-order valence-corrected chi connectivity index (χ0v) is 13.8. The zero-order valence-electron chi connectivity index (χ0n) is 12.2. The number of nitrogens with zero attached hydrogens (tertiary/aromatic N) is 3. The Labute approximate surface area is 134 Å². The maximum absolute atomic E-state index is 12.6. The van der Waals surface area contributed by atoms with Gasteiger partial charge in [0, 0.05) is 30.9 Å². The lowest BCUT2D eigenvalue weighted by Gasteiger charge is -2.12. The van der Waals surface area contributed by atoms with Gasteiger partial charge in [-0.3, -0.25) is 0 Å². The van der Waals surface area contributed by atoms with Crippen LogP contribution in [-0.2, 0) is 15.6 Å². The molecule has 5 nitrogen and oxygen atoms in total. The lowest BCUT2D eigenvalue weighted by atomic mass is 10.2. The van der Waals surface area contributed by atoms with E-state index in [1.54, 1.807) is 49.3 Å². The first kappa shape index (κ1) is 16.3. The smallest absolute Gasteiger partial charge is 0.378 e. The minimum Gasteiger partial charge on any atom is -0.378 e. The lowest BCUT2D eigenvalue weighted by Crippen LogP contribution is -2.11. The minimum atomic E-state index is -3.65. The predicted molar refractivity (Wildman–Crippen MR) is 87.9 cm³/mol. The van der Waals surface area contributed by atoms with Crippen molar-refractivity contribution in [1.82, 2.24) is 0 Å². The van der Waals surface area contributed by atoms with E-state index in [0.717, 1.165) is 0 Å². The second-order valence-corrected chi connectivity index (χ2v) is 7.43. The standard InChI is InChI=1S/C15H15ClN3O2S/c1-19(2)13-7-8-14(18-17)15(9-13)22(20,21)10-11-3-5-12(16)6-4-11/h3-9H,10H2,1-2H3/q+1. The van der Waals surface area contributed by atoms with Crippen molar-refractivity contribution in [3.8, 4) is 0 Å². The topological polar surface area (TPSA) is 65.5 Å². The number of hydrogen-bond donors (Lipinski definition) is 0. The molecule has 0 heterocycles. The number of halogens is 1. The van der Waals surface area contributed by atoms with Crippen LogP contribution >= 0.6 is 11.6 Å². The summed E-state index contributed by atoms with van der Waals surface area (Å²) >= 11 is 5.80. The normalized spacial score (nSPS) is 11.0. The van der Waals surface area contributed by atoms with E-state index < -0.39 is 9.84 Å². The Morgan fingerprint density at radius 3 is 2.32 bits per heavy atom.